The SMILES string of the molecule is CCCCNS(=O)(=O)C(C#N)CCC. The van der Waals surface area contributed by atoms with Crippen LogP contribution in [0.4, 0.5) is 0 Å². The third kappa shape index (κ3) is 4.58. The second-order valence-corrected chi connectivity index (χ2v) is 5.15. The minimum absolute atomic E-state index is 0.401. The van der Waals surface area contributed by atoms with Gasteiger partial charge in [-0.05, 0) is 12.8 Å². The molecule has 0 aromatic rings. The Balaban J connectivity index is 4.22. The van der Waals surface area contributed by atoms with Gasteiger partial charge in [0, 0.05) is 6.54 Å². The maximum Gasteiger partial charge on any atom is 0.227 e. The van der Waals surface area contributed by atoms with Crippen molar-refractivity contribution in [3.8, 4) is 6.07 Å². The molecule has 4 nitrogen and oxygen atoms in total. The third-order valence-electron chi connectivity index (χ3n) is 1.90. The first-order valence-electron chi connectivity index (χ1n) is 4.96. The third-order valence-corrected chi connectivity index (χ3v) is 3.60. The van der Waals surface area contributed by atoms with Gasteiger partial charge in [-0.15, -0.1) is 0 Å². The van der Waals surface area contributed by atoms with E-state index in [1.165, 1.54) is 0 Å². The fraction of sp³-hybridized carbons (Fsp3) is 0.889. The average Bonchev–Trinajstić information content (AvgIpc) is 2.14. The molecule has 1 atom stereocenters. The van der Waals surface area contributed by atoms with Gasteiger partial charge < -0.3 is 0 Å². The van der Waals surface area contributed by atoms with Crippen molar-refractivity contribution in [1.82, 2.24) is 4.72 Å². The summed E-state index contributed by atoms with van der Waals surface area (Å²) in [5.41, 5.74) is 0. The van der Waals surface area contributed by atoms with E-state index >= 15 is 0 Å². The molecule has 0 saturated carbocycles. The van der Waals surface area contributed by atoms with Crippen molar-refractivity contribution < 1.29 is 8.42 Å². The quantitative estimate of drug-likeness (QED) is 0.657. The molecule has 14 heavy (non-hydrogen) atoms. The zero-order chi connectivity index (χ0) is 11.0. The van der Waals surface area contributed by atoms with Gasteiger partial charge in [-0.1, -0.05) is 26.7 Å². The summed E-state index contributed by atoms with van der Waals surface area (Å²) in [4.78, 5) is 0. The number of rotatable bonds is 7. The number of hydrogen-bond donors (Lipinski definition) is 1. The highest BCUT2D eigenvalue weighted by molar-refractivity contribution is 7.90. The van der Waals surface area contributed by atoms with Crippen LogP contribution in [0.3, 0.4) is 0 Å². The zero-order valence-corrected chi connectivity index (χ0v) is 9.60. The molecule has 0 radical (unpaired) electrons. The largest absolute Gasteiger partial charge is 0.227 e. The van der Waals surface area contributed by atoms with Crippen molar-refractivity contribution in [2.24, 2.45) is 0 Å². The van der Waals surface area contributed by atoms with Crippen molar-refractivity contribution in [2.45, 2.75) is 44.8 Å². The van der Waals surface area contributed by atoms with Crippen LogP contribution in [0, 0.1) is 11.3 Å². The van der Waals surface area contributed by atoms with Gasteiger partial charge in [0.05, 0.1) is 6.07 Å². The van der Waals surface area contributed by atoms with Crippen molar-refractivity contribution in [1.29, 1.82) is 5.26 Å². The molecule has 0 aliphatic rings. The fourth-order valence-electron chi connectivity index (χ4n) is 1.04. The highest BCUT2D eigenvalue weighted by atomic mass is 32.2. The summed E-state index contributed by atoms with van der Waals surface area (Å²) >= 11 is 0. The number of hydrogen-bond acceptors (Lipinski definition) is 3. The normalized spacial score (nSPS) is 13.5. The van der Waals surface area contributed by atoms with Crippen LogP contribution in [-0.2, 0) is 10.0 Å². The molecule has 0 aromatic heterocycles. The minimum atomic E-state index is -3.42. The molecule has 1 unspecified atom stereocenters. The van der Waals surface area contributed by atoms with Gasteiger partial charge in [0.1, 0.15) is 0 Å². The molecule has 0 aromatic carbocycles. The van der Waals surface area contributed by atoms with Gasteiger partial charge >= 0.3 is 0 Å². The highest BCUT2D eigenvalue weighted by Crippen LogP contribution is 2.06. The molecule has 0 bridgehead atoms. The predicted octanol–water partition coefficient (Wildman–Crippen LogP) is 1.40. The van der Waals surface area contributed by atoms with E-state index in [2.05, 4.69) is 4.72 Å². The Hall–Kier alpha value is -0.600. The summed E-state index contributed by atoms with van der Waals surface area (Å²) < 4.78 is 25.4. The molecule has 0 aliphatic heterocycles. The number of nitrogens with zero attached hydrogens (tertiary/aromatic N) is 1. The Morgan fingerprint density at radius 3 is 2.43 bits per heavy atom. The summed E-state index contributed by atoms with van der Waals surface area (Å²) in [6.45, 7) is 4.29. The summed E-state index contributed by atoms with van der Waals surface area (Å²) in [5.74, 6) is 0. The molecule has 5 heteroatoms. The lowest BCUT2D eigenvalue weighted by atomic mass is 10.3. The van der Waals surface area contributed by atoms with Crippen molar-refractivity contribution in [3.63, 3.8) is 0 Å². The van der Waals surface area contributed by atoms with Crippen LogP contribution in [0.5, 0.6) is 0 Å². The topological polar surface area (TPSA) is 70.0 Å². The molecule has 82 valence electrons. The number of sulfonamides is 1. The lowest BCUT2D eigenvalue weighted by molar-refractivity contribution is 0.566. The lowest BCUT2D eigenvalue weighted by Crippen LogP contribution is -2.34. The highest BCUT2D eigenvalue weighted by Gasteiger charge is 2.23. The molecular weight excluding hydrogens is 200 g/mol. The second-order valence-electron chi connectivity index (χ2n) is 3.20. The van der Waals surface area contributed by atoms with E-state index in [0.29, 0.717) is 19.4 Å². The van der Waals surface area contributed by atoms with Gasteiger partial charge in [-0.2, -0.15) is 5.26 Å². The Kier molecular flexibility index (Phi) is 6.50. The maximum absolute atomic E-state index is 11.5. The van der Waals surface area contributed by atoms with Crippen LogP contribution < -0.4 is 4.72 Å². The molecule has 0 aliphatic carbocycles. The smallest absolute Gasteiger partial charge is 0.214 e. The van der Waals surface area contributed by atoms with E-state index in [0.717, 1.165) is 12.8 Å². The van der Waals surface area contributed by atoms with E-state index in [1.54, 1.807) is 0 Å². The summed E-state index contributed by atoms with van der Waals surface area (Å²) in [7, 11) is -3.42. The van der Waals surface area contributed by atoms with Crippen LogP contribution in [-0.4, -0.2) is 20.2 Å². The average molecular weight is 218 g/mol. The second kappa shape index (κ2) is 6.80. The molecule has 0 fully saturated rings. The number of nitrogens with one attached hydrogen (secondary N) is 1. The Morgan fingerprint density at radius 1 is 1.36 bits per heavy atom. The van der Waals surface area contributed by atoms with Crippen LogP contribution in [0.2, 0.25) is 0 Å². The van der Waals surface area contributed by atoms with Crippen LogP contribution >= 0.6 is 0 Å². The molecule has 0 heterocycles. The summed E-state index contributed by atoms with van der Waals surface area (Å²) in [5, 5.41) is 7.78. The van der Waals surface area contributed by atoms with Crippen LogP contribution in [0.25, 0.3) is 0 Å². The van der Waals surface area contributed by atoms with Crippen molar-refractivity contribution in [2.75, 3.05) is 6.54 Å². The molecule has 0 saturated heterocycles. The molecule has 0 amide bonds. The predicted molar refractivity (Wildman–Crippen MR) is 56.1 cm³/mol. The monoisotopic (exact) mass is 218 g/mol. The van der Waals surface area contributed by atoms with E-state index in [-0.39, 0.29) is 0 Å². The molecule has 1 N–H and O–H groups in total. The zero-order valence-electron chi connectivity index (χ0n) is 8.78. The number of unbranched alkanes of at least 4 members (excludes halogenated alkanes) is 1. The number of nitriles is 1. The van der Waals surface area contributed by atoms with Gasteiger partial charge in [0.2, 0.25) is 10.0 Å². The minimum Gasteiger partial charge on any atom is -0.214 e. The first-order chi connectivity index (χ1) is 6.58. The van der Waals surface area contributed by atoms with Gasteiger partial charge in [-0.3, -0.25) is 0 Å². The molecule has 0 rings (SSSR count). The Morgan fingerprint density at radius 2 is 2.00 bits per heavy atom. The van der Waals surface area contributed by atoms with Crippen LogP contribution in [0.1, 0.15) is 39.5 Å². The van der Waals surface area contributed by atoms with E-state index in [4.69, 9.17) is 5.26 Å². The van der Waals surface area contributed by atoms with Crippen molar-refractivity contribution in [3.05, 3.63) is 0 Å². The van der Waals surface area contributed by atoms with Crippen molar-refractivity contribution >= 4 is 10.0 Å². The molecule has 0 spiro atoms. The van der Waals surface area contributed by atoms with Gasteiger partial charge in [0.15, 0.2) is 5.25 Å². The Labute approximate surface area is 86.4 Å². The Bertz CT molecular complexity index is 280. The summed E-state index contributed by atoms with van der Waals surface area (Å²) in [6.07, 6.45) is 2.85. The van der Waals surface area contributed by atoms with Gasteiger partial charge in [-0.25, -0.2) is 13.1 Å². The summed E-state index contributed by atoms with van der Waals surface area (Å²) in [6, 6.07) is 1.82. The van der Waals surface area contributed by atoms with E-state index in [9.17, 15) is 8.42 Å². The van der Waals surface area contributed by atoms with E-state index in [1.807, 2.05) is 19.9 Å². The fourth-order valence-corrected chi connectivity index (χ4v) is 2.36. The first kappa shape index (κ1) is 13.4. The first-order valence-corrected chi connectivity index (χ1v) is 6.51. The molecular formula is C9H18N2O2S. The lowest BCUT2D eigenvalue weighted by Gasteiger charge is -2.10. The van der Waals surface area contributed by atoms with Crippen LogP contribution in [0.15, 0.2) is 0 Å². The van der Waals surface area contributed by atoms with E-state index < -0.39 is 15.3 Å². The maximum atomic E-state index is 11.5. The van der Waals surface area contributed by atoms with Gasteiger partial charge in [0.25, 0.3) is 0 Å². The standard InChI is InChI=1S/C9H18N2O2S/c1-3-5-7-11-14(12,13)9(8-10)6-4-2/h9,11H,3-7H2,1-2H3.